The number of hydrogen-bond acceptors (Lipinski definition) is 3. The highest BCUT2D eigenvalue weighted by molar-refractivity contribution is 6.30. The van der Waals surface area contributed by atoms with Gasteiger partial charge in [-0.2, -0.15) is 5.26 Å². The number of halogens is 1. The molecule has 0 saturated heterocycles. The highest BCUT2D eigenvalue weighted by Crippen LogP contribution is 2.25. The summed E-state index contributed by atoms with van der Waals surface area (Å²) in [5, 5.41) is 9.81. The van der Waals surface area contributed by atoms with Crippen molar-refractivity contribution in [1.29, 1.82) is 5.26 Å². The van der Waals surface area contributed by atoms with Crippen LogP contribution in [0, 0.1) is 11.3 Å². The number of rotatable bonds is 2. The van der Waals surface area contributed by atoms with Gasteiger partial charge in [0.15, 0.2) is 0 Å². The molecule has 2 N–H and O–H groups in total. The zero-order valence-corrected chi connectivity index (χ0v) is 11.7. The monoisotopic (exact) mass is 294 g/mol. The fourth-order valence-corrected chi connectivity index (χ4v) is 2.32. The molecular weight excluding hydrogens is 284 g/mol. The van der Waals surface area contributed by atoms with Gasteiger partial charge in [0.1, 0.15) is 11.9 Å². The van der Waals surface area contributed by atoms with E-state index in [9.17, 15) is 5.26 Å². The number of nitrogens with two attached hydrogens (primary N) is 1. The van der Waals surface area contributed by atoms with E-state index in [2.05, 4.69) is 11.1 Å². The number of nitrogens with zero attached hydrogens (tertiary/aromatic N) is 3. The van der Waals surface area contributed by atoms with Crippen LogP contribution in [0.3, 0.4) is 0 Å². The van der Waals surface area contributed by atoms with Crippen molar-refractivity contribution < 1.29 is 0 Å². The van der Waals surface area contributed by atoms with E-state index >= 15 is 0 Å². The fourth-order valence-electron chi connectivity index (χ4n) is 2.15. The first kappa shape index (κ1) is 13.2. The molecular formula is C16H11ClN4. The van der Waals surface area contributed by atoms with Crippen molar-refractivity contribution in [2.45, 2.75) is 0 Å². The van der Waals surface area contributed by atoms with E-state index in [1.54, 1.807) is 18.3 Å². The third-order valence-corrected chi connectivity index (χ3v) is 3.38. The molecule has 1 aromatic heterocycles. The minimum absolute atomic E-state index is 0.497. The Balaban J connectivity index is 2.16. The molecule has 3 rings (SSSR count). The lowest BCUT2D eigenvalue weighted by Gasteiger charge is -2.10. The summed E-state index contributed by atoms with van der Waals surface area (Å²) < 4.78 is 1.86. The van der Waals surface area contributed by atoms with E-state index in [4.69, 9.17) is 17.3 Å². The van der Waals surface area contributed by atoms with Crippen LogP contribution in [0.25, 0.3) is 17.1 Å². The molecule has 5 heteroatoms. The van der Waals surface area contributed by atoms with Crippen molar-refractivity contribution in [2.24, 2.45) is 0 Å². The Morgan fingerprint density at radius 3 is 2.62 bits per heavy atom. The van der Waals surface area contributed by atoms with Crippen LogP contribution in [0.1, 0.15) is 5.56 Å². The second-order valence-corrected chi connectivity index (χ2v) is 4.95. The number of aromatic nitrogens is 2. The van der Waals surface area contributed by atoms with E-state index in [0.717, 1.165) is 17.1 Å². The molecule has 2 aromatic carbocycles. The molecule has 1 heterocycles. The van der Waals surface area contributed by atoms with Crippen molar-refractivity contribution >= 4 is 17.3 Å². The molecule has 3 aromatic rings. The van der Waals surface area contributed by atoms with Crippen LogP contribution in [0.4, 0.5) is 5.69 Å². The summed E-state index contributed by atoms with van der Waals surface area (Å²) >= 11 is 5.94. The van der Waals surface area contributed by atoms with Gasteiger partial charge < -0.3 is 5.73 Å². The average Bonchev–Trinajstić information content (AvgIpc) is 2.97. The van der Waals surface area contributed by atoms with Gasteiger partial charge in [0.2, 0.25) is 0 Å². The Labute approximate surface area is 127 Å². The number of nitrogen functional groups attached to an aromatic ring is 1. The van der Waals surface area contributed by atoms with Crippen molar-refractivity contribution in [3.63, 3.8) is 0 Å². The van der Waals surface area contributed by atoms with Gasteiger partial charge in [-0.15, -0.1) is 0 Å². The van der Waals surface area contributed by atoms with Gasteiger partial charge >= 0.3 is 0 Å². The largest absolute Gasteiger partial charge is 0.399 e. The van der Waals surface area contributed by atoms with Crippen molar-refractivity contribution in [2.75, 3.05) is 5.73 Å². The predicted octanol–water partition coefficient (Wildman–Crippen LogP) is 3.65. The summed E-state index contributed by atoms with van der Waals surface area (Å²) in [6, 6.07) is 14.8. The summed E-state index contributed by atoms with van der Waals surface area (Å²) in [5.41, 5.74) is 8.57. The summed E-state index contributed by atoms with van der Waals surface area (Å²) in [4.78, 5) is 4.37. The van der Waals surface area contributed by atoms with Gasteiger partial charge in [0.05, 0.1) is 11.3 Å². The Kier molecular flexibility index (Phi) is 3.35. The molecule has 102 valence electrons. The summed E-state index contributed by atoms with van der Waals surface area (Å²) in [5.74, 6) is 0.744. The Morgan fingerprint density at radius 2 is 1.90 bits per heavy atom. The lowest BCUT2D eigenvalue weighted by molar-refractivity contribution is 1.06. The molecule has 0 aliphatic heterocycles. The summed E-state index contributed by atoms with van der Waals surface area (Å²) in [6.07, 6.45) is 3.51. The normalized spacial score (nSPS) is 10.3. The van der Waals surface area contributed by atoms with Gasteiger partial charge in [-0.25, -0.2) is 4.98 Å². The molecule has 0 unspecified atom stereocenters. The second-order valence-electron chi connectivity index (χ2n) is 4.52. The van der Waals surface area contributed by atoms with Crippen LogP contribution < -0.4 is 5.73 Å². The fraction of sp³-hybridized carbons (Fsp3) is 0. The highest BCUT2D eigenvalue weighted by Gasteiger charge is 2.11. The Bertz CT molecular complexity index is 828. The molecule has 0 aliphatic carbocycles. The third-order valence-electron chi connectivity index (χ3n) is 3.15. The van der Waals surface area contributed by atoms with E-state index in [-0.39, 0.29) is 0 Å². The molecule has 0 saturated carbocycles. The maximum atomic E-state index is 9.28. The Morgan fingerprint density at radius 1 is 1.14 bits per heavy atom. The number of nitriles is 1. The second kappa shape index (κ2) is 5.31. The van der Waals surface area contributed by atoms with Crippen molar-refractivity contribution in [1.82, 2.24) is 9.55 Å². The van der Waals surface area contributed by atoms with Gasteiger partial charge in [0, 0.05) is 28.7 Å². The summed E-state index contributed by atoms with van der Waals surface area (Å²) in [6.45, 7) is 0. The van der Waals surface area contributed by atoms with Gasteiger partial charge in [-0.3, -0.25) is 4.57 Å². The number of hydrogen-bond donors (Lipinski definition) is 1. The molecule has 4 nitrogen and oxygen atoms in total. The first-order chi connectivity index (χ1) is 10.2. The Hall–Kier alpha value is -2.77. The summed E-state index contributed by atoms with van der Waals surface area (Å²) in [7, 11) is 0. The van der Waals surface area contributed by atoms with E-state index < -0.39 is 0 Å². The van der Waals surface area contributed by atoms with E-state index in [0.29, 0.717) is 16.3 Å². The molecule has 0 fully saturated rings. The third kappa shape index (κ3) is 2.47. The van der Waals surface area contributed by atoms with Crippen LogP contribution in [-0.2, 0) is 0 Å². The minimum atomic E-state index is 0.497. The number of anilines is 1. The average molecular weight is 295 g/mol. The van der Waals surface area contributed by atoms with Crippen LogP contribution >= 0.6 is 11.6 Å². The van der Waals surface area contributed by atoms with Crippen LogP contribution in [0.15, 0.2) is 54.9 Å². The zero-order chi connectivity index (χ0) is 14.8. The quantitative estimate of drug-likeness (QED) is 0.734. The lowest BCUT2D eigenvalue weighted by atomic mass is 10.1. The smallest absolute Gasteiger partial charge is 0.144 e. The predicted molar refractivity (Wildman–Crippen MR) is 83.1 cm³/mol. The topological polar surface area (TPSA) is 67.6 Å². The van der Waals surface area contributed by atoms with E-state index in [1.807, 2.05) is 41.1 Å². The molecule has 0 aliphatic rings. The van der Waals surface area contributed by atoms with Gasteiger partial charge in [0.25, 0.3) is 0 Å². The molecule has 0 atom stereocenters. The molecule has 0 bridgehead atoms. The standard InChI is InChI=1S/C16H11ClN4/c17-13-3-6-15(12(9-13)10-18)21-8-7-20-16(21)11-1-4-14(19)5-2-11/h1-9H,19H2. The van der Waals surface area contributed by atoms with Crippen molar-refractivity contribution in [3.05, 3.63) is 65.4 Å². The van der Waals surface area contributed by atoms with Gasteiger partial charge in [-0.05, 0) is 42.5 Å². The van der Waals surface area contributed by atoms with E-state index in [1.165, 1.54) is 0 Å². The van der Waals surface area contributed by atoms with Crippen LogP contribution in [-0.4, -0.2) is 9.55 Å². The zero-order valence-electron chi connectivity index (χ0n) is 11.0. The molecule has 0 radical (unpaired) electrons. The molecule has 21 heavy (non-hydrogen) atoms. The number of benzene rings is 2. The highest BCUT2D eigenvalue weighted by atomic mass is 35.5. The van der Waals surface area contributed by atoms with Crippen LogP contribution in [0.5, 0.6) is 0 Å². The minimum Gasteiger partial charge on any atom is -0.399 e. The SMILES string of the molecule is N#Cc1cc(Cl)ccc1-n1ccnc1-c1ccc(N)cc1. The van der Waals surface area contributed by atoms with Gasteiger partial charge in [-0.1, -0.05) is 11.6 Å². The molecule has 0 spiro atoms. The lowest BCUT2D eigenvalue weighted by Crippen LogP contribution is -1.99. The number of imidazole rings is 1. The maximum absolute atomic E-state index is 9.28. The first-order valence-electron chi connectivity index (χ1n) is 6.28. The maximum Gasteiger partial charge on any atom is 0.144 e. The first-order valence-corrected chi connectivity index (χ1v) is 6.66. The van der Waals surface area contributed by atoms with Crippen LogP contribution in [0.2, 0.25) is 5.02 Å². The van der Waals surface area contributed by atoms with Crippen molar-refractivity contribution in [3.8, 4) is 23.1 Å². The molecule has 0 amide bonds.